The van der Waals surface area contributed by atoms with Gasteiger partial charge < -0.3 is 15.0 Å². The molecule has 0 spiro atoms. The standard InChI is InChI=1S/C22H27N3O3S/c26-20-5-9-22(24-20,15-19-4-2-14-29-19)10-6-21(27)25-12-7-17(8-13-25)28-18-3-1-11-23-16-18/h1-4,11,14,16-17H,5-10,12-13,15H2,(H,24,26). The lowest BCUT2D eigenvalue weighted by Crippen LogP contribution is -2.46. The molecule has 2 amide bonds. The number of nitrogens with one attached hydrogen (secondary N) is 1. The lowest BCUT2D eigenvalue weighted by Gasteiger charge is -2.34. The van der Waals surface area contributed by atoms with Gasteiger partial charge in [0.25, 0.3) is 0 Å². The predicted molar refractivity (Wildman–Crippen MR) is 112 cm³/mol. The van der Waals surface area contributed by atoms with Gasteiger partial charge in [-0.05, 0) is 36.4 Å². The summed E-state index contributed by atoms with van der Waals surface area (Å²) in [5.74, 6) is 1.06. The van der Waals surface area contributed by atoms with Crippen molar-refractivity contribution in [1.29, 1.82) is 0 Å². The first-order chi connectivity index (χ1) is 14.1. The van der Waals surface area contributed by atoms with Crippen molar-refractivity contribution in [2.75, 3.05) is 13.1 Å². The van der Waals surface area contributed by atoms with E-state index < -0.39 is 0 Å². The third-order valence-electron chi connectivity index (χ3n) is 5.88. The molecule has 2 saturated heterocycles. The SMILES string of the molecule is O=C1CCC(CCC(=O)N2CCC(Oc3cccnc3)CC2)(Cc2cccs2)N1. The van der Waals surface area contributed by atoms with E-state index in [1.807, 2.05) is 23.1 Å². The van der Waals surface area contributed by atoms with Crippen LogP contribution < -0.4 is 10.1 Å². The largest absolute Gasteiger partial charge is 0.489 e. The summed E-state index contributed by atoms with van der Waals surface area (Å²) in [5.41, 5.74) is -0.278. The Morgan fingerprint density at radius 3 is 2.83 bits per heavy atom. The molecule has 6 nitrogen and oxygen atoms in total. The van der Waals surface area contributed by atoms with Gasteiger partial charge in [-0.3, -0.25) is 14.6 Å². The number of thiophene rings is 1. The van der Waals surface area contributed by atoms with Gasteiger partial charge in [-0.2, -0.15) is 0 Å². The highest BCUT2D eigenvalue weighted by atomic mass is 32.1. The van der Waals surface area contributed by atoms with Crippen molar-refractivity contribution in [3.63, 3.8) is 0 Å². The van der Waals surface area contributed by atoms with Gasteiger partial charge in [0, 0.05) is 61.8 Å². The molecule has 4 rings (SSSR count). The van der Waals surface area contributed by atoms with Crippen LogP contribution in [0.4, 0.5) is 0 Å². The number of carbonyl (C=O) groups is 2. The minimum Gasteiger partial charge on any atom is -0.489 e. The van der Waals surface area contributed by atoms with Crippen LogP contribution in [-0.2, 0) is 16.0 Å². The molecule has 2 aliphatic heterocycles. The van der Waals surface area contributed by atoms with Crippen molar-refractivity contribution in [2.45, 2.75) is 56.6 Å². The Kier molecular flexibility index (Phi) is 6.13. The highest BCUT2D eigenvalue weighted by Gasteiger charge is 2.38. The van der Waals surface area contributed by atoms with Gasteiger partial charge >= 0.3 is 0 Å². The zero-order chi connectivity index (χ0) is 20.1. The highest BCUT2D eigenvalue weighted by molar-refractivity contribution is 7.09. The third kappa shape index (κ3) is 5.15. The van der Waals surface area contributed by atoms with Crippen LogP contribution in [0.3, 0.4) is 0 Å². The number of pyridine rings is 1. The zero-order valence-electron chi connectivity index (χ0n) is 16.5. The fraction of sp³-hybridized carbons (Fsp3) is 0.500. The summed E-state index contributed by atoms with van der Waals surface area (Å²) in [6.45, 7) is 1.43. The van der Waals surface area contributed by atoms with Crippen molar-refractivity contribution in [3.05, 3.63) is 46.9 Å². The molecule has 29 heavy (non-hydrogen) atoms. The molecular formula is C22H27N3O3S. The first kappa shape index (κ1) is 19.9. The normalized spacial score (nSPS) is 22.5. The minimum atomic E-state index is -0.278. The molecule has 2 aromatic rings. The van der Waals surface area contributed by atoms with E-state index in [4.69, 9.17) is 4.74 Å². The smallest absolute Gasteiger partial charge is 0.222 e. The van der Waals surface area contributed by atoms with Crippen molar-refractivity contribution in [1.82, 2.24) is 15.2 Å². The van der Waals surface area contributed by atoms with Gasteiger partial charge in [-0.25, -0.2) is 0 Å². The second-order valence-corrected chi connectivity index (χ2v) is 9.00. The Balaban J connectivity index is 1.27. The molecule has 4 heterocycles. The lowest BCUT2D eigenvalue weighted by atomic mass is 9.87. The van der Waals surface area contributed by atoms with E-state index in [0.29, 0.717) is 32.4 Å². The summed E-state index contributed by atoms with van der Waals surface area (Å²) in [6.07, 6.45) is 8.57. The predicted octanol–water partition coefficient (Wildman–Crippen LogP) is 3.18. The van der Waals surface area contributed by atoms with Crippen LogP contribution in [0, 0.1) is 0 Å². The van der Waals surface area contributed by atoms with Crippen LogP contribution in [0.25, 0.3) is 0 Å². The number of hydrogen-bond donors (Lipinski definition) is 1. The van der Waals surface area contributed by atoms with Gasteiger partial charge in [0.05, 0.1) is 6.20 Å². The van der Waals surface area contributed by atoms with Gasteiger partial charge in [-0.1, -0.05) is 6.07 Å². The van der Waals surface area contributed by atoms with E-state index in [-0.39, 0.29) is 23.5 Å². The molecule has 1 unspecified atom stereocenters. The Morgan fingerprint density at radius 1 is 1.31 bits per heavy atom. The number of ether oxygens (including phenoxy) is 1. The molecule has 2 aromatic heterocycles. The number of nitrogens with zero attached hydrogens (tertiary/aromatic N) is 2. The van der Waals surface area contributed by atoms with Crippen LogP contribution in [0.15, 0.2) is 42.0 Å². The number of piperidine rings is 1. The summed E-state index contributed by atoms with van der Waals surface area (Å²) >= 11 is 1.71. The van der Waals surface area contributed by atoms with E-state index in [9.17, 15) is 9.59 Å². The Morgan fingerprint density at radius 2 is 2.17 bits per heavy atom. The molecular weight excluding hydrogens is 386 g/mol. The number of likely N-dealkylation sites (tertiary alicyclic amines) is 1. The van der Waals surface area contributed by atoms with E-state index in [1.165, 1.54) is 4.88 Å². The Hall–Kier alpha value is -2.41. The van der Waals surface area contributed by atoms with Crippen molar-refractivity contribution in [2.24, 2.45) is 0 Å². The molecule has 7 heteroatoms. The van der Waals surface area contributed by atoms with E-state index in [2.05, 4.69) is 21.7 Å². The van der Waals surface area contributed by atoms with Crippen LogP contribution in [-0.4, -0.2) is 46.4 Å². The average Bonchev–Trinajstić information content (AvgIpc) is 3.38. The van der Waals surface area contributed by atoms with Crippen LogP contribution in [0.2, 0.25) is 0 Å². The number of amides is 2. The summed E-state index contributed by atoms with van der Waals surface area (Å²) in [6, 6.07) is 7.91. The first-order valence-corrected chi connectivity index (χ1v) is 11.2. The maximum atomic E-state index is 12.8. The average molecular weight is 414 g/mol. The highest BCUT2D eigenvalue weighted by Crippen LogP contribution is 2.31. The maximum Gasteiger partial charge on any atom is 0.222 e. The van der Waals surface area contributed by atoms with Crippen molar-refractivity contribution >= 4 is 23.2 Å². The summed E-state index contributed by atoms with van der Waals surface area (Å²) in [7, 11) is 0. The fourth-order valence-electron chi connectivity index (χ4n) is 4.27. The first-order valence-electron chi connectivity index (χ1n) is 10.3. The van der Waals surface area contributed by atoms with Crippen LogP contribution in [0.1, 0.15) is 43.4 Å². The maximum absolute atomic E-state index is 12.8. The van der Waals surface area contributed by atoms with Gasteiger partial charge in [0.1, 0.15) is 11.9 Å². The van der Waals surface area contributed by atoms with Gasteiger partial charge in [-0.15, -0.1) is 11.3 Å². The van der Waals surface area contributed by atoms with Crippen molar-refractivity contribution < 1.29 is 14.3 Å². The molecule has 0 radical (unpaired) electrons. The van der Waals surface area contributed by atoms with Gasteiger partial charge in [0.2, 0.25) is 11.8 Å². The quantitative estimate of drug-likeness (QED) is 0.757. The minimum absolute atomic E-state index is 0.0994. The summed E-state index contributed by atoms with van der Waals surface area (Å²) in [5, 5.41) is 5.23. The van der Waals surface area contributed by atoms with Crippen molar-refractivity contribution in [3.8, 4) is 5.75 Å². The molecule has 0 aliphatic carbocycles. The lowest BCUT2D eigenvalue weighted by molar-refractivity contribution is -0.133. The summed E-state index contributed by atoms with van der Waals surface area (Å²) in [4.78, 5) is 32.0. The zero-order valence-corrected chi connectivity index (χ0v) is 17.3. The molecule has 154 valence electrons. The molecule has 2 aliphatic rings. The fourth-order valence-corrected chi connectivity index (χ4v) is 5.11. The third-order valence-corrected chi connectivity index (χ3v) is 6.75. The van der Waals surface area contributed by atoms with E-state index in [0.717, 1.165) is 31.4 Å². The van der Waals surface area contributed by atoms with Crippen LogP contribution >= 0.6 is 11.3 Å². The monoisotopic (exact) mass is 413 g/mol. The van der Waals surface area contributed by atoms with E-state index in [1.54, 1.807) is 23.7 Å². The topological polar surface area (TPSA) is 71.5 Å². The molecule has 0 bridgehead atoms. The number of carbonyl (C=O) groups excluding carboxylic acids is 2. The Bertz CT molecular complexity index is 819. The second-order valence-electron chi connectivity index (χ2n) is 7.97. The molecule has 1 atom stereocenters. The molecule has 0 saturated carbocycles. The number of hydrogen-bond acceptors (Lipinski definition) is 5. The van der Waals surface area contributed by atoms with Crippen LogP contribution in [0.5, 0.6) is 5.75 Å². The number of rotatable bonds is 7. The Labute approximate surface area is 175 Å². The molecule has 2 fully saturated rings. The molecule has 0 aromatic carbocycles. The summed E-state index contributed by atoms with van der Waals surface area (Å²) < 4.78 is 5.96. The van der Waals surface area contributed by atoms with E-state index >= 15 is 0 Å². The van der Waals surface area contributed by atoms with Gasteiger partial charge in [0.15, 0.2) is 0 Å². The number of aromatic nitrogens is 1. The second kappa shape index (κ2) is 8.95. The molecule has 1 N–H and O–H groups in total.